The van der Waals surface area contributed by atoms with E-state index in [-0.39, 0.29) is 39.1 Å². The summed E-state index contributed by atoms with van der Waals surface area (Å²) in [5, 5.41) is 0. The lowest BCUT2D eigenvalue weighted by atomic mass is 9.86. The fourth-order valence-electron chi connectivity index (χ4n) is 9.46. The molecule has 18 nitrogen and oxygen atoms in total. The number of unbranched alkanes of at least 4 members (excludes halogenated alkanes) is 6. The molecule has 0 bridgehead atoms. The summed E-state index contributed by atoms with van der Waals surface area (Å²) < 4.78 is 174. The lowest BCUT2D eigenvalue weighted by molar-refractivity contribution is 0.0800. The van der Waals surface area contributed by atoms with Gasteiger partial charge in [-0.2, -0.15) is 16.8 Å². The molecule has 8 rings (SSSR count). The fourth-order valence-corrected chi connectivity index (χ4v) is 13.5. The van der Waals surface area contributed by atoms with Crippen molar-refractivity contribution in [2.24, 2.45) is 0 Å². The smallest absolute Gasteiger partial charge is 0.298 e. The van der Waals surface area contributed by atoms with Crippen LogP contribution in [0.5, 0.6) is 57.5 Å². The van der Waals surface area contributed by atoms with Crippen LogP contribution in [0.2, 0.25) is 0 Å². The highest BCUT2D eigenvalue weighted by molar-refractivity contribution is 7.92. The summed E-state index contributed by atoms with van der Waals surface area (Å²) in [6.07, 6.45) is 7.96. The van der Waals surface area contributed by atoms with Gasteiger partial charge in [-0.05, 0) is 249 Å². The Balaban J connectivity index is 0.758. The van der Waals surface area contributed by atoms with E-state index in [0.717, 1.165) is 99.4 Å². The maximum Gasteiger partial charge on any atom is 0.298 e. The molecule has 0 radical (unpaired) electrons. The normalized spacial score (nSPS) is 12.7. The van der Waals surface area contributed by atoms with Crippen LogP contribution in [0.15, 0.2) is 211 Å². The van der Waals surface area contributed by atoms with E-state index >= 15 is 0 Å². The first kappa shape index (κ1) is 69.8. The first-order valence-corrected chi connectivity index (χ1v) is 36.2. The predicted molar refractivity (Wildman–Crippen MR) is 349 cm³/mol. The third-order valence-corrected chi connectivity index (χ3v) is 20.6. The largest absolute Gasteiger partial charge is 0.494 e. The van der Waals surface area contributed by atoms with Gasteiger partial charge in [-0.15, -0.1) is 0 Å². The fraction of sp³-hybridized carbons (Fsp3) is 0.314. The highest BCUT2D eigenvalue weighted by Gasteiger charge is 2.34. The molecular weight excluding hydrogens is 1260 g/mol. The number of rotatable bonds is 35. The molecule has 0 heterocycles. The van der Waals surface area contributed by atoms with Crippen molar-refractivity contribution < 1.29 is 80.7 Å². The quantitative estimate of drug-likeness (QED) is 0.0277. The molecule has 490 valence electrons. The van der Waals surface area contributed by atoms with E-state index in [0.29, 0.717) is 67.0 Å². The van der Waals surface area contributed by atoms with E-state index < -0.39 is 65.1 Å². The van der Waals surface area contributed by atoms with Crippen LogP contribution in [0.4, 0.5) is 0 Å². The van der Waals surface area contributed by atoms with Crippen LogP contribution in [0, 0.1) is 6.92 Å². The zero-order chi connectivity index (χ0) is 66.1. The Kier molecular flexibility index (Phi) is 23.9. The van der Waals surface area contributed by atoms with Gasteiger partial charge in [-0.3, -0.25) is 9.11 Å². The van der Waals surface area contributed by atoms with Gasteiger partial charge in [0.05, 0.1) is 52.1 Å². The number of aryl methyl sites for hydroxylation is 1. The highest BCUT2D eigenvalue weighted by Crippen LogP contribution is 2.39. The van der Waals surface area contributed by atoms with Crippen LogP contribution in [-0.4, -0.2) is 80.9 Å². The summed E-state index contributed by atoms with van der Waals surface area (Å²) in [6.45, 7) is 13.4. The Morgan fingerprint density at radius 3 is 1.13 bits per heavy atom. The standard InChI is InChI=1S/C70H78O18S4/c1-7-51(3)85-58-32-36-62(37-33-58)89(71,72)63-38-34-60(35-39-63)86-59-28-24-56(25-29-59)83-46-14-11-9-13-45-82-55-22-18-53(19-23-55)52(4)70(5,6)88-67-43-41-65(49-69(67)92(78,79)80)90(73,74)64-40-42-66(68(48-64)91(75,76)77)87-61-30-26-57(27-31-61)84-47-15-10-8-12-44-81-54-20-16-50(2)17-21-54/h16-43,48-49,51-52H,7-15,44-47H2,1-6H3,(H,75,76,77)(H,78,79,80). The molecule has 0 aliphatic carbocycles. The van der Waals surface area contributed by atoms with Gasteiger partial charge in [-0.25, -0.2) is 16.8 Å². The minimum absolute atomic E-state index is 0.0250. The number of sulfone groups is 2. The van der Waals surface area contributed by atoms with Crippen molar-refractivity contribution >= 4 is 39.9 Å². The summed E-state index contributed by atoms with van der Waals surface area (Å²) >= 11 is 0. The minimum Gasteiger partial charge on any atom is -0.494 e. The van der Waals surface area contributed by atoms with Gasteiger partial charge in [0.15, 0.2) is 0 Å². The van der Waals surface area contributed by atoms with Crippen molar-refractivity contribution in [3.63, 3.8) is 0 Å². The minimum atomic E-state index is -5.11. The molecule has 8 aromatic rings. The van der Waals surface area contributed by atoms with Crippen LogP contribution in [0.25, 0.3) is 0 Å². The van der Waals surface area contributed by atoms with E-state index in [1.165, 1.54) is 29.8 Å². The summed E-state index contributed by atoms with van der Waals surface area (Å²) in [4.78, 5) is -2.64. The van der Waals surface area contributed by atoms with Crippen LogP contribution in [-0.2, 0) is 39.9 Å². The molecule has 8 aromatic carbocycles. The molecule has 0 saturated carbocycles. The summed E-state index contributed by atoms with van der Waals surface area (Å²) in [5.41, 5.74) is 0.843. The highest BCUT2D eigenvalue weighted by atomic mass is 32.2. The Morgan fingerprint density at radius 1 is 0.391 bits per heavy atom. The predicted octanol–water partition coefficient (Wildman–Crippen LogP) is 15.9. The number of benzene rings is 8. The molecular formula is C70H78O18S4. The van der Waals surface area contributed by atoms with E-state index in [2.05, 4.69) is 0 Å². The van der Waals surface area contributed by atoms with E-state index in [1.807, 2.05) is 88.4 Å². The first-order chi connectivity index (χ1) is 43.8. The molecule has 0 aromatic heterocycles. The summed E-state index contributed by atoms with van der Waals surface area (Å²) in [6, 6.07) is 47.1. The molecule has 0 amide bonds. The molecule has 2 unspecified atom stereocenters. The Bertz CT molecular complexity index is 4160. The van der Waals surface area contributed by atoms with Crippen LogP contribution >= 0.6 is 0 Å². The van der Waals surface area contributed by atoms with Gasteiger partial charge >= 0.3 is 0 Å². The molecule has 2 N–H and O–H groups in total. The average Bonchev–Trinajstić information content (AvgIpc) is 1.01. The van der Waals surface area contributed by atoms with Crippen LogP contribution in [0.1, 0.15) is 109 Å². The zero-order valence-electron chi connectivity index (χ0n) is 52.2. The van der Waals surface area contributed by atoms with E-state index in [1.54, 1.807) is 74.5 Å². The third kappa shape index (κ3) is 19.7. The Labute approximate surface area is 540 Å². The third-order valence-electron chi connectivity index (χ3n) is 15.3. The Hall–Kier alpha value is -8.12. The maximum absolute atomic E-state index is 14.1. The van der Waals surface area contributed by atoms with Gasteiger partial charge in [0, 0.05) is 5.92 Å². The van der Waals surface area contributed by atoms with Crippen molar-refractivity contribution in [1.82, 2.24) is 0 Å². The molecule has 0 aliphatic rings. The second kappa shape index (κ2) is 31.5. The lowest BCUT2D eigenvalue weighted by Gasteiger charge is -2.33. The molecule has 0 fully saturated rings. The first-order valence-electron chi connectivity index (χ1n) is 30.3. The van der Waals surface area contributed by atoms with E-state index in [4.69, 9.17) is 37.9 Å². The molecule has 0 saturated heterocycles. The number of hydrogen-bond acceptors (Lipinski definition) is 16. The maximum atomic E-state index is 14.1. The molecule has 0 aliphatic heterocycles. The van der Waals surface area contributed by atoms with Crippen molar-refractivity contribution in [1.29, 1.82) is 0 Å². The summed E-state index contributed by atoms with van der Waals surface area (Å²) in [7, 11) is -18.6. The zero-order valence-corrected chi connectivity index (χ0v) is 55.5. The molecule has 22 heteroatoms. The number of hydrogen-bond donors (Lipinski definition) is 2. The van der Waals surface area contributed by atoms with Gasteiger partial charge in [0.25, 0.3) is 20.2 Å². The van der Waals surface area contributed by atoms with Crippen LogP contribution in [0.3, 0.4) is 0 Å². The number of ether oxygens (including phenoxy) is 8. The molecule has 0 spiro atoms. The second-order valence-electron chi connectivity index (χ2n) is 22.6. The summed E-state index contributed by atoms with van der Waals surface area (Å²) in [5.74, 6) is 3.42. The SMILES string of the molecule is CCC(C)Oc1ccc(S(=O)(=O)c2ccc(Oc3ccc(OCCCCCCOc4ccc(C(C)C(C)(C)Oc5ccc(S(=O)(=O)c6ccc(Oc7ccc(OCCCCCCOc8ccc(C)cc8)cc7)c(S(=O)(=O)O)c6)cc5S(=O)(=O)O)cc4)cc3)cc2)cc1. The van der Waals surface area contributed by atoms with Crippen LogP contribution < -0.4 is 37.9 Å². The van der Waals surface area contributed by atoms with Gasteiger partial charge in [-0.1, -0.05) is 43.7 Å². The Morgan fingerprint density at radius 2 is 0.717 bits per heavy atom. The lowest BCUT2D eigenvalue weighted by Crippen LogP contribution is -2.35. The topological polar surface area (TPSA) is 251 Å². The molecule has 2 atom stereocenters. The van der Waals surface area contributed by atoms with Crippen molar-refractivity contribution in [2.45, 2.75) is 146 Å². The van der Waals surface area contributed by atoms with Gasteiger partial charge in [0.2, 0.25) is 19.7 Å². The van der Waals surface area contributed by atoms with Gasteiger partial charge in [0.1, 0.15) is 72.9 Å². The van der Waals surface area contributed by atoms with E-state index in [9.17, 15) is 42.8 Å². The van der Waals surface area contributed by atoms with Gasteiger partial charge < -0.3 is 37.9 Å². The second-order valence-corrected chi connectivity index (χ2v) is 29.3. The van der Waals surface area contributed by atoms with Crippen molar-refractivity contribution in [3.8, 4) is 57.5 Å². The van der Waals surface area contributed by atoms with Crippen molar-refractivity contribution in [2.75, 3.05) is 26.4 Å². The molecule has 92 heavy (non-hydrogen) atoms. The average molecular weight is 1340 g/mol. The van der Waals surface area contributed by atoms with Crippen molar-refractivity contribution in [3.05, 3.63) is 193 Å². The monoisotopic (exact) mass is 1330 g/mol.